The molecule has 0 saturated carbocycles. The van der Waals surface area contributed by atoms with Gasteiger partial charge < -0.3 is 10.6 Å². The number of anilines is 2. The summed E-state index contributed by atoms with van der Waals surface area (Å²) >= 11 is 0. The van der Waals surface area contributed by atoms with Crippen molar-refractivity contribution in [2.24, 2.45) is 10.8 Å². The van der Waals surface area contributed by atoms with Gasteiger partial charge in [-0.1, -0.05) is 113 Å². The van der Waals surface area contributed by atoms with E-state index in [9.17, 15) is 9.59 Å². The van der Waals surface area contributed by atoms with Crippen LogP contribution in [0.15, 0.2) is 108 Å². The topological polar surface area (TPSA) is 58.2 Å². The highest BCUT2D eigenvalue weighted by molar-refractivity contribution is 6.14. The van der Waals surface area contributed by atoms with Crippen LogP contribution < -0.4 is 10.6 Å². The van der Waals surface area contributed by atoms with E-state index in [4.69, 9.17) is 0 Å². The molecule has 5 aromatic carbocycles. The smallest absolute Gasteiger partial charge is 0.162 e. The van der Waals surface area contributed by atoms with Gasteiger partial charge in [-0.25, -0.2) is 0 Å². The maximum atomic E-state index is 14.0. The third-order valence-electron chi connectivity index (χ3n) is 11.1. The van der Waals surface area contributed by atoms with Gasteiger partial charge in [0, 0.05) is 46.5 Å². The lowest BCUT2D eigenvalue weighted by atomic mass is 9.67. The van der Waals surface area contributed by atoms with Crippen LogP contribution >= 0.6 is 0 Å². The molecule has 0 radical (unpaired) electrons. The summed E-state index contributed by atoms with van der Waals surface area (Å²) in [5, 5.41) is 12.3. The van der Waals surface area contributed by atoms with Gasteiger partial charge in [0.15, 0.2) is 11.6 Å². The van der Waals surface area contributed by atoms with Crippen LogP contribution in [0.2, 0.25) is 0 Å². The first-order chi connectivity index (χ1) is 23.1. The Labute approximate surface area is 281 Å². The van der Waals surface area contributed by atoms with Crippen molar-refractivity contribution in [2.75, 3.05) is 10.6 Å². The van der Waals surface area contributed by atoms with Gasteiger partial charge in [-0.2, -0.15) is 0 Å². The number of nitrogens with one attached hydrogen (secondary N) is 2. The van der Waals surface area contributed by atoms with E-state index in [-0.39, 0.29) is 34.5 Å². The standard InChI is InChI=1S/C44H40N2O2/c1-43(2)21-31-37-29-11-7-5-9-25(29)17-19-33(37)45-41(39(31)35(47)23-43)27-13-15-28(16-14-27)42-40-32(22-44(3,4)24-36(40)48)38-30-12-8-6-10-26(30)18-20-34(38)46-42/h5-20,41-42,45-46H,21-24H2,1-4H3. The SMILES string of the molecule is CC1(C)CC(=O)C2=C(C1)c1c(ccc3ccccc13)NC2c1ccc(C2Nc3ccc4ccccc4c3C3=C2C(=O)CC(C)(C)C3)cc1. The Kier molecular flexibility index (Phi) is 6.25. The lowest BCUT2D eigenvalue weighted by Crippen LogP contribution is -2.33. The highest BCUT2D eigenvalue weighted by Crippen LogP contribution is 2.54. The van der Waals surface area contributed by atoms with Crippen molar-refractivity contribution in [3.63, 3.8) is 0 Å². The summed E-state index contributed by atoms with van der Waals surface area (Å²) < 4.78 is 0. The fraction of sp³-hybridized carbons (Fsp3) is 0.273. The molecule has 5 aromatic rings. The summed E-state index contributed by atoms with van der Waals surface area (Å²) in [6, 6.07) is 33.8. The first-order valence-corrected chi connectivity index (χ1v) is 17.3. The van der Waals surface area contributed by atoms with Gasteiger partial charge in [0.1, 0.15) is 0 Å². The minimum Gasteiger partial charge on any atom is -0.373 e. The molecule has 2 N–H and O–H groups in total. The van der Waals surface area contributed by atoms with Crippen LogP contribution in [-0.2, 0) is 9.59 Å². The van der Waals surface area contributed by atoms with Gasteiger partial charge in [-0.05, 0) is 79.6 Å². The number of hydrogen-bond acceptors (Lipinski definition) is 4. The fourth-order valence-electron chi connectivity index (χ4n) is 9.06. The third-order valence-corrected chi connectivity index (χ3v) is 11.1. The van der Waals surface area contributed by atoms with Crippen LogP contribution in [-0.4, -0.2) is 11.6 Å². The molecule has 4 nitrogen and oxygen atoms in total. The van der Waals surface area contributed by atoms with E-state index in [1.807, 2.05) is 0 Å². The maximum absolute atomic E-state index is 14.0. The van der Waals surface area contributed by atoms with Crippen molar-refractivity contribution < 1.29 is 9.59 Å². The summed E-state index contributed by atoms with van der Waals surface area (Å²) in [6.45, 7) is 8.83. The lowest BCUT2D eigenvalue weighted by Gasteiger charge is -2.41. The van der Waals surface area contributed by atoms with E-state index in [2.05, 4.69) is 135 Å². The molecule has 2 heterocycles. The van der Waals surface area contributed by atoms with Gasteiger partial charge in [0.25, 0.3) is 0 Å². The molecule has 4 heteroatoms. The van der Waals surface area contributed by atoms with Crippen molar-refractivity contribution in [3.05, 3.63) is 130 Å². The molecule has 238 valence electrons. The van der Waals surface area contributed by atoms with Crippen molar-refractivity contribution in [1.29, 1.82) is 0 Å². The van der Waals surface area contributed by atoms with E-state index in [0.717, 1.165) is 46.5 Å². The molecule has 2 aliphatic heterocycles. The van der Waals surface area contributed by atoms with Crippen LogP contribution in [0.5, 0.6) is 0 Å². The number of allylic oxidation sites excluding steroid dienone is 2. The van der Waals surface area contributed by atoms with E-state index >= 15 is 0 Å². The van der Waals surface area contributed by atoms with Gasteiger partial charge in [0.2, 0.25) is 0 Å². The van der Waals surface area contributed by atoms with E-state index in [0.29, 0.717) is 12.8 Å². The number of rotatable bonds is 2. The van der Waals surface area contributed by atoms with E-state index in [1.54, 1.807) is 0 Å². The van der Waals surface area contributed by atoms with Crippen LogP contribution in [0.4, 0.5) is 11.4 Å². The number of ketones is 2. The fourth-order valence-corrected chi connectivity index (χ4v) is 9.06. The Morgan fingerprint density at radius 1 is 0.500 bits per heavy atom. The van der Waals surface area contributed by atoms with Crippen molar-refractivity contribution in [2.45, 2.75) is 65.5 Å². The Morgan fingerprint density at radius 3 is 1.31 bits per heavy atom. The molecule has 0 bridgehead atoms. The Hall–Kier alpha value is -4.96. The molecule has 0 saturated heterocycles. The van der Waals surface area contributed by atoms with Crippen LogP contribution in [0.25, 0.3) is 32.7 Å². The van der Waals surface area contributed by atoms with E-state index < -0.39 is 0 Å². The second kappa shape index (κ2) is 10.3. The minimum atomic E-state index is -0.232. The number of hydrogen-bond donors (Lipinski definition) is 2. The zero-order valence-electron chi connectivity index (χ0n) is 28.0. The molecule has 48 heavy (non-hydrogen) atoms. The van der Waals surface area contributed by atoms with Crippen molar-refractivity contribution in [1.82, 2.24) is 0 Å². The number of fused-ring (bicyclic) bond motifs is 8. The second-order valence-electron chi connectivity index (χ2n) is 15.9. The number of carbonyl (C=O) groups excluding carboxylic acids is 2. The lowest BCUT2D eigenvalue weighted by molar-refractivity contribution is -0.118. The molecule has 0 amide bonds. The maximum Gasteiger partial charge on any atom is 0.162 e. The summed E-state index contributed by atoms with van der Waals surface area (Å²) in [5.41, 5.74) is 10.6. The molecular weight excluding hydrogens is 588 g/mol. The molecule has 4 aliphatic rings. The van der Waals surface area contributed by atoms with Gasteiger partial charge in [-0.3, -0.25) is 9.59 Å². The Bertz CT molecular complexity index is 2120. The number of Topliss-reactive ketones (excluding diaryl/α,β-unsaturated/α-hetero) is 2. The molecule has 9 rings (SSSR count). The minimum absolute atomic E-state index is 0.101. The molecular formula is C44H40N2O2. The van der Waals surface area contributed by atoms with Gasteiger partial charge >= 0.3 is 0 Å². The zero-order valence-corrected chi connectivity index (χ0v) is 28.0. The number of carbonyl (C=O) groups is 2. The molecule has 2 atom stereocenters. The first kappa shape index (κ1) is 29.2. The molecule has 2 unspecified atom stereocenters. The molecule has 2 aliphatic carbocycles. The van der Waals surface area contributed by atoms with Crippen molar-refractivity contribution >= 4 is 55.6 Å². The predicted molar refractivity (Wildman–Crippen MR) is 197 cm³/mol. The van der Waals surface area contributed by atoms with E-state index in [1.165, 1.54) is 43.8 Å². The average molecular weight is 629 g/mol. The van der Waals surface area contributed by atoms with Crippen LogP contribution in [0, 0.1) is 10.8 Å². The summed E-state index contributed by atoms with van der Waals surface area (Å²) in [5.74, 6) is 0.453. The summed E-state index contributed by atoms with van der Waals surface area (Å²) in [6.07, 6.45) is 2.80. The Balaban J connectivity index is 1.15. The third kappa shape index (κ3) is 4.49. The largest absolute Gasteiger partial charge is 0.373 e. The monoisotopic (exact) mass is 628 g/mol. The average Bonchev–Trinajstić information content (AvgIpc) is 3.06. The second-order valence-corrected chi connectivity index (χ2v) is 15.9. The first-order valence-electron chi connectivity index (χ1n) is 17.3. The molecule has 0 fully saturated rings. The number of benzene rings is 5. The van der Waals surface area contributed by atoms with Gasteiger partial charge in [-0.15, -0.1) is 0 Å². The summed E-state index contributed by atoms with van der Waals surface area (Å²) in [7, 11) is 0. The van der Waals surface area contributed by atoms with Crippen LogP contribution in [0.3, 0.4) is 0 Å². The molecule has 0 aromatic heterocycles. The Morgan fingerprint density at radius 2 is 0.896 bits per heavy atom. The van der Waals surface area contributed by atoms with Crippen molar-refractivity contribution in [3.8, 4) is 0 Å². The highest BCUT2D eigenvalue weighted by atomic mass is 16.1. The highest BCUT2D eigenvalue weighted by Gasteiger charge is 2.43. The molecule has 0 spiro atoms. The predicted octanol–water partition coefficient (Wildman–Crippen LogP) is 10.6. The zero-order chi connectivity index (χ0) is 32.9. The summed E-state index contributed by atoms with van der Waals surface area (Å²) in [4.78, 5) is 28.0. The normalized spacial score (nSPS) is 22.4. The quantitative estimate of drug-likeness (QED) is 0.204. The van der Waals surface area contributed by atoms with Crippen LogP contribution in [0.1, 0.15) is 87.7 Å². The van der Waals surface area contributed by atoms with Gasteiger partial charge in [0.05, 0.1) is 12.1 Å².